The van der Waals surface area contributed by atoms with Gasteiger partial charge in [0.1, 0.15) is 0 Å². The molecular weight excluding hydrogens is 664 g/mol. The topological polar surface area (TPSA) is 56.5 Å². The molecule has 0 radical (unpaired) electrons. The number of fused-ring (bicyclic) bond motifs is 3. The first-order chi connectivity index (χ1) is 24.5. The van der Waals surface area contributed by atoms with E-state index in [9.17, 15) is 26.3 Å². The van der Waals surface area contributed by atoms with Gasteiger partial charge in [0.05, 0.1) is 27.8 Å². The zero-order valence-electron chi connectivity index (χ0n) is 26.3. The van der Waals surface area contributed by atoms with Crippen molar-refractivity contribution in [2.24, 2.45) is 0 Å². The van der Waals surface area contributed by atoms with E-state index in [0.717, 1.165) is 46.5 Å². The summed E-state index contributed by atoms with van der Waals surface area (Å²) in [7, 11) is 0. The molecule has 250 valence electrons. The van der Waals surface area contributed by atoms with Crippen LogP contribution in [0.25, 0.3) is 72.8 Å². The van der Waals surface area contributed by atoms with E-state index in [4.69, 9.17) is 15.0 Å². The summed E-state index contributed by atoms with van der Waals surface area (Å²) in [6.45, 7) is 0. The number of hydrogen-bond acceptors (Lipinski definition) is 4. The number of hydrogen-bond donors (Lipinski definition) is 0. The van der Waals surface area contributed by atoms with Crippen LogP contribution in [0.3, 0.4) is 0 Å². The lowest BCUT2D eigenvalue weighted by Crippen LogP contribution is -2.05. The molecule has 0 atom stereocenters. The molecule has 0 N–H and O–H groups in total. The maximum Gasteiger partial charge on any atom is 0.416 e. The summed E-state index contributed by atoms with van der Waals surface area (Å²) >= 11 is 0. The third-order valence-corrected chi connectivity index (χ3v) is 8.61. The van der Waals surface area contributed by atoms with E-state index in [1.807, 2.05) is 84.9 Å². The van der Waals surface area contributed by atoms with Gasteiger partial charge < -0.3 is 4.57 Å². The predicted molar refractivity (Wildman–Crippen MR) is 184 cm³/mol. The van der Waals surface area contributed by atoms with Gasteiger partial charge in [-0.1, -0.05) is 66.7 Å². The van der Waals surface area contributed by atoms with Crippen molar-refractivity contribution in [1.82, 2.24) is 24.5 Å². The van der Waals surface area contributed by atoms with Crippen molar-refractivity contribution in [3.63, 3.8) is 0 Å². The maximum absolute atomic E-state index is 13.9. The molecule has 0 amide bonds. The van der Waals surface area contributed by atoms with Crippen LogP contribution in [0.2, 0.25) is 0 Å². The van der Waals surface area contributed by atoms with Gasteiger partial charge >= 0.3 is 12.4 Å². The Hall–Kier alpha value is -6.36. The molecule has 51 heavy (non-hydrogen) atoms. The zero-order chi connectivity index (χ0) is 35.3. The van der Waals surface area contributed by atoms with Crippen LogP contribution >= 0.6 is 0 Å². The SMILES string of the molecule is FC(F)(F)c1ccc2c(c1)c1cc(C(F)(F)F)ccc1n2-c1ccc(-c2ccncc2)cc1-c1nc(-c2ccccc2)nc(-c2ccccc2)n1. The third kappa shape index (κ3) is 5.96. The Kier molecular flexibility index (Phi) is 7.63. The van der Waals surface area contributed by atoms with Crippen LogP contribution in [0.4, 0.5) is 26.3 Å². The molecule has 8 aromatic rings. The Morgan fingerprint density at radius 2 is 0.922 bits per heavy atom. The fraction of sp³-hybridized carbons (Fsp3) is 0.0500. The van der Waals surface area contributed by atoms with Gasteiger partial charge in [0.15, 0.2) is 17.5 Å². The summed E-state index contributed by atoms with van der Waals surface area (Å²) in [6.07, 6.45) is -6.13. The standard InChI is InChI=1S/C40H23F6N5/c41-39(42,43)28-12-15-33-30(22-28)31-23-29(40(44,45)46)13-16-34(31)51(33)35-14-11-27(24-17-19-47-20-18-24)21-32(35)38-49-36(25-7-3-1-4-8-25)48-37(50-38)26-9-5-2-6-10-26/h1-23H. The van der Waals surface area contributed by atoms with Crippen LogP contribution in [0.15, 0.2) is 140 Å². The molecule has 3 aromatic heterocycles. The Bertz CT molecular complexity index is 2420. The van der Waals surface area contributed by atoms with Crippen LogP contribution in [0, 0.1) is 0 Å². The van der Waals surface area contributed by atoms with E-state index < -0.39 is 23.5 Å². The molecule has 5 aromatic carbocycles. The lowest BCUT2D eigenvalue weighted by atomic mass is 10.0. The van der Waals surface area contributed by atoms with Gasteiger partial charge in [-0.25, -0.2) is 15.0 Å². The monoisotopic (exact) mass is 687 g/mol. The number of alkyl halides is 6. The zero-order valence-corrected chi connectivity index (χ0v) is 26.3. The third-order valence-electron chi connectivity index (χ3n) is 8.61. The van der Waals surface area contributed by atoms with Gasteiger partial charge in [0.2, 0.25) is 0 Å². The summed E-state index contributed by atoms with van der Waals surface area (Å²) in [5.74, 6) is 1.01. The highest BCUT2D eigenvalue weighted by atomic mass is 19.4. The number of benzene rings is 5. The first-order valence-corrected chi connectivity index (χ1v) is 15.7. The van der Waals surface area contributed by atoms with Crippen LogP contribution in [-0.4, -0.2) is 24.5 Å². The second kappa shape index (κ2) is 12.2. The van der Waals surface area contributed by atoms with Crippen molar-refractivity contribution in [2.75, 3.05) is 0 Å². The Morgan fingerprint density at radius 1 is 0.431 bits per heavy atom. The summed E-state index contributed by atoms with van der Waals surface area (Å²) in [5, 5.41) is 0.0290. The summed E-state index contributed by atoms with van der Waals surface area (Å²) in [6, 6.07) is 34.0. The lowest BCUT2D eigenvalue weighted by molar-refractivity contribution is -0.138. The summed E-state index contributed by atoms with van der Waals surface area (Å²) in [4.78, 5) is 18.7. The van der Waals surface area contributed by atoms with Crippen molar-refractivity contribution in [1.29, 1.82) is 0 Å². The molecule has 0 aliphatic heterocycles. The van der Waals surface area contributed by atoms with Crippen LogP contribution in [-0.2, 0) is 12.4 Å². The molecule has 0 bridgehead atoms. The number of nitrogens with zero attached hydrogens (tertiary/aromatic N) is 5. The molecule has 0 fully saturated rings. The minimum Gasteiger partial charge on any atom is -0.309 e. The normalized spacial score (nSPS) is 12.1. The molecular formula is C40H23F6N5. The van der Waals surface area contributed by atoms with Crippen molar-refractivity contribution in [3.8, 4) is 51.0 Å². The molecule has 0 aliphatic rings. The van der Waals surface area contributed by atoms with Crippen molar-refractivity contribution in [2.45, 2.75) is 12.4 Å². The molecule has 0 saturated carbocycles. The first kappa shape index (κ1) is 31.9. The van der Waals surface area contributed by atoms with Gasteiger partial charge in [-0.15, -0.1) is 0 Å². The highest BCUT2D eigenvalue weighted by Crippen LogP contribution is 2.42. The molecule has 0 saturated heterocycles. The highest BCUT2D eigenvalue weighted by Gasteiger charge is 2.33. The van der Waals surface area contributed by atoms with Gasteiger partial charge in [-0.2, -0.15) is 26.3 Å². The molecule has 8 rings (SSSR count). The summed E-state index contributed by atoms with van der Waals surface area (Å²) < 4.78 is 85.3. The van der Waals surface area contributed by atoms with Crippen molar-refractivity contribution < 1.29 is 26.3 Å². The van der Waals surface area contributed by atoms with Crippen molar-refractivity contribution in [3.05, 3.63) is 151 Å². The lowest BCUT2D eigenvalue weighted by Gasteiger charge is -2.16. The van der Waals surface area contributed by atoms with Crippen LogP contribution in [0.1, 0.15) is 11.1 Å². The van der Waals surface area contributed by atoms with E-state index in [2.05, 4.69) is 4.98 Å². The van der Waals surface area contributed by atoms with Crippen molar-refractivity contribution >= 4 is 21.8 Å². The molecule has 5 nitrogen and oxygen atoms in total. The minimum absolute atomic E-state index is 0.0145. The van der Waals surface area contributed by atoms with Gasteiger partial charge in [-0.3, -0.25) is 4.98 Å². The van der Waals surface area contributed by atoms with E-state index in [1.54, 1.807) is 23.0 Å². The maximum atomic E-state index is 13.9. The smallest absolute Gasteiger partial charge is 0.309 e. The predicted octanol–water partition coefficient (Wildman–Crippen LogP) is 11.1. The van der Waals surface area contributed by atoms with E-state index in [-0.39, 0.29) is 27.6 Å². The first-order valence-electron chi connectivity index (χ1n) is 15.7. The molecule has 0 unspecified atom stereocenters. The average molecular weight is 688 g/mol. The second-order valence-corrected chi connectivity index (χ2v) is 11.8. The van der Waals surface area contributed by atoms with E-state index in [0.29, 0.717) is 22.9 Å². The fourth-order valence-corrected chi connectivity index (χ4v) is 6.20. The van der Waals surface area contributed by atoms with Crippen LogP contribution < -0.4 is 0 Å². The fourth-order valence-electron chi connectivity index (χ4n) is 6.20. The quantitative estimate of drug-likeness (QED) is 0.169. The number of halogens is 6. The number of pyridine rings is 1. The van der Waals surface area contributed by atoms with Crippen LogP contribution in [0.5, 0.6) is 0 Å². The Morgan fingerprint density at radius 3 is 1.41 bits per heavy atom. The molecule has 0 aliphatic carbocycles. The number of rotatable bonds is 5. The second-order valence-electron chi connectivity index (χ2n) is 11.8. The Labute approximate surface area is 286 Å². The minimum atomic E-state index is -4.71. The van der Waals surface area contributed by atoms with Gasteiger partial charge in [0, 0.05) is 39.9 Å². The van der Waals surface area contributed by atoms with Gasteiger partial charge in [0.25, 0.3) is 0 Å². The molecule has 11 heteroatoms. The van der Waals surface area contributed by atoms with E-state index in [1.165, 1.54) is 12.1 Å². The van der Waals surface area contributed by atoms with E-state index >= 15 is 0 Å². The van der Waals surface area contributed by atoms with Gasteiger partial charge in [-0.05, 0) is 71.8 Å². The molecule has 0 spiro atoms. The average Bonchev–Trinajstić information content (AvgIpc) is 3.48. The summed E-state index contributed by atoms with van der Waals surface area (Å²) in [5.41, 5.74) is 2.55. The largest absolute Gasteiger partial charge is 0.416 e. The molecule has 3 heterocycles. The highest BCUT2D eigenvalue weighted by molar-refractivity contribution is 6.10. The number of aromatic nitrogens is 5. The Balaban J connectivity index is 1.46.